The van der Waals surface area contributed by atoms with Crippen LogP contribution in [0, 0.1) is 0 Å². The van der Waals surface area contributed by atoms with Crippen LogP contribution in [0.3, 0.4) is 0 Å². The Morgan fingerprint density at radius 2 is 1.79 bits per heavy atom. The third-order valence-electron chi connectivity index (χ3n) is 5.56. The fourth-order valence-corrected chi connectivity index (χ4v) is 3.52. The van der Waals surface area contributed by atoms with Crippen molar-refractivity contribution < 1.29 is 14.3 Å². The molecule has 1 atom stereocenters. The Balaban J connectivity index is 1.47. The minimum Gasteiger partial charge on any atom is -0.483 e. The first-order chi connectivity index (χ1) is 13.3. The normalized spacial score (nSPS) is 19.2. The molecule has 1 saturated carbocycles. The molecule has 3 rings (SSSR count). The van der Waals surface area contributed by atoms with Gasteiger partial charge in [0.2, 0.25) is 5.91 Å². The number of benzene rings is 1. The molecule has 0 spiro atoms. The molecule has 6 heteroatoms. The lowest BCUT2D eigenvalue weighted by atomic mass is 9.86. The molecule has 0 bridgehead atoms. The summed E-state index contributed by atoms with van der Waals surface area (Å²) in [5, 5.41) is 3.06. The second-order valence-corrected chi connectivity index (χ2v) is 8.91. The van der Waals surface area contributed by atoms with E-state index in [2.05, 4.69) is 31.0 Å². The zero-order valence-corrected chi connectivity index (χ0v) is 17.5. The van der Waals surface area contributed by atoms with E-state index < -0.39 is 0 Å². The highest BCUT2D eigenvalue weighted by Gasteiger charge is 2.31. The van der Waals surface area contributed by atoms with Crippen molar-refractivity contribution in [2.24, 2.45) is 0 Å². The van der Waals surface area contributed by atoms with Crippen molar-refractivity contribution in [3.05, 3.63) is 29.8 Å². The van der Waals surface area contributed by atoms with Gasteiger partial charge in [-0.3, -0.25) is 14.5 Å². The molecule has 1 saturated heterocycles. The molecule has 28 heavy (non-hydrogen) atoms. The number of hydrogen-bond donors (Lipinski definition) is 1. The van der Waals surface area contributed by atoms with Gasteiger partial charge in [-0.05, 0) is 36.8 Å². The molecular formula is C22H33N3O3. The van der Waals surface area contributed by atoms with Gasteiger partial charge in [-0.2, -0.15) is 0 Å². The van der Waals surface area contributed by atoms with E-state index in [4.69, 9.17) is 4.74 Å². The molecule has 2 fully saturated rings. The monoisotopic (exact) mass is 387 g/mol. The van der Waals surface area contributed by atoms with Gasteiger partial charge < -0.3 is 15.0 Å². The second kappa shape index (κ2) is 8.52. The van der Waals surface area contributed by atoms with Crippen LogP contribution < -0.4 is 10.1 Å². The Morgan fingerprint density at radius 1 is 1.14 bits per heavy atom. The van der Waals surface area contributed by atoms with E-state index >= 15 is 0 Å². The summed E-state index contributed by atoms with van der Waals surface area (Å²) in [6.07, 6.45) is 2.19. The quantitative estimate of drug-likeness (QED) is 0.813. The molecule has 0 aromatic heterocycles. The summed E-state index contributed by atoms with van der Waals surface area (Å²) in [7, 11) is 0. The third kappa shape index (κ3) is 5.25. The average Bonchev–Trinajstić information content (AvgIpc) is 3.49. The summed E-state index contributed by atoms with van der Waals surface area (Å²) in [6.45, 7) is 11.1. The molecule has 1 aromatic carbocycles. The van der Waals surface area contributed by atoms with Crippen LogP contribution in [0.5, 0.6) is 5.75 Å². The maximum absolute atomic E-state index is 12.6. The highest BCUT2D eigenvalue weighted by atomic mass is 16.5. The number of carbonyl (C=O) groups is 2. The smallest absolute Gasteiger partial charge is 0.260 e. The second-order valence-electron chi connectivity index (χ2n) is 8.91. The Hall–Kier alpha value is -2.08. The zero-order valence-electron chi connectivity index (χ0n) is 17.5. The predicted molar refractivity (Wildman–Crippen MR) is 109 cm³/mol. The lowest BCUT2D eigenvalue weighted by Gasteiger charge is -2.37. The van der Waals surface area contributed by atoms with Gasteiger partial charge in [-0.1, -0.05) is 39.0 Å². The molecule has 1 unspecified atom stereocenters. The van der Waals surface area contributed by atoms with E-state index in [9.17, 15) is 9.59 Å². The molecule has 2 amide bonds. The molecule has 1 aliphatic heterocycles. The van der Waals surface area contributed by atoms with Crippen LogP contribution in [0.15, 0.2) is 24.3 Å². The van der Waals surface area contributed by atoms with Gasteiger partial charge in [0.15, 0.2) is 6.61 Å². The maximum Gasteiger partial charge on any atom is 0.260 e. The molecule has 2 aliphatic rings. The summed E-state index contributed by atoms with van der Waals surface area (Å²) >= 11 is 0. The maximum atomic E-state index is 12.6. The van der Waals surface area contributed by atoms with Gasteiger partial charge in [0.1, 0.15) is 5.75 Å². The lowest BCUT2D eigenvalue weighted by Crippen LogP contribution is -2.55. The molecule has 1 aromatic rings. The molecule has 0 radical (unpaired) electrons. The van der Waals surface area contributed by atoms with Gasteiger partial charge in [-0.15, -0.1) is 0 Å². The van der Waals surface area contributed by atoms with Crippen LogP contribution >= 0.6 is 0 Å². The Bertz CT molecular complexity index is 701. The Morgan fingerprint density at radius 3 is 2.39 bits per heavy atom. The fourth-order valence-electron chi connectivity index (χ4n) is 3.52. The summed E-state index contributed by atoms with van der Waals surface area (Å²) in [5.41, 5.74) is 1.06. The number of rotatable bonds is 6. The van der Waals surface area contributed by atoms with Crippen molar-refractivity contribution in [3.8, 4) is 5.75 Å². The fraction of sp³-hybridized carbons (Fsp3) is 0.636. The zero-order chi connectivity index (χ0) is 20.3. The number of carbonyl (C=O) groups excluding carboxylic acids is 2. The van der Waals surface area contributed by atoms with Crippen LogP contribution in [0.2, 0.25) is 0 Å². The van der Waals surface area contributed by atoms with Crippen molar-refractivity contribution >= 4 is 11.8 Å². The van der Waals surface area contributed by atoms with Crippen molar-refractivity contribution in [2.45, 2.75) is 58.0 Å². The Kier molecular flexibility index (Phi) is 6.28. The number of ether oxygens (including phenoxy) is 1. The summed E-state index contributed by atoms with van der Waals surface area (Å²) in [4.78, 5) is 28.8. The number of nitrogens with zero attached hydrogens (tertiary/aromatic N) is 2. The molecule has 6 nitrogen and oxygen atoms in total. The summed E-state index contributed by atoms with van der Waals surface area (Å²) < 4.78 is 5.87. The molecule has 1 aliphatic carbocycles. The first-order valence-corrected chi connectivity index (χ1v) is 10.3. The molecule has 154 valence electrons. The van der Waals surface area contributed by atoms with E-state index in [1.165, 1.54) is 0 Å². The predicted octanol–water partition coefficient (Wildman–Crippen LogP) is 2.17. The SMILES string of the molecule is CC(C(=O)NC1CC1)N1CCN(C(=O)COc2ccccc2C(C)(C)C)CC1. The van der Waals surface area contributed by atoms with Gasteiger partial charge in [0.05, 0.1) is 6.04 Å². The standard InChI is InChI=1S/C22H33N3O3/c1-16(21(27)23-17-9-10-17)24-11-13-25(14-12-24)20(26)15-28-19-8-6-5-7-18(19)22(2,3)4/h5-8,16-17H,9-15H2,1-4H3,(H,23,27). The number of nitrogens with one attached hydrogen (secondary N) is 1. The minimum atomic E-state index is -0.146. The van der Waals surface area contributed by atoms with Crippen molar-refractivity contribution in [2.75, 3.05) is 32.8 Å². The largest absolute Gasteiger partial charge is 0.483 e. The number of hydrogen-bond acceptors (Lipinski definition) is 4. The van der Waals surface area contributed by atoms with Crippen molar-refractivity contribution in [1.29, 1.82) is 0 Å². The van der Waals surface area contributed by atoms with Crippen molar-refractivity contribution in [3.63, 3.8) is 0 Å². The average molecular weight is 388 g/mol. The molecule has 1 N–H and O–H groups in total. The van der Waals surface area contributed by atoms with Crippen LogP contribution in [-0.2, 0) is 15.0 Å². The van der Waals surface area contributed by atoms with Crippen LogP contribution in [0.4, 0.5) is 0 Å². The van der Waals surface area contributed by atoms with Gasteiger partial charge >= 0.3 is 0 Å². The summed E-state index contributed by atoms with van der Waals surface area (Å²) in [5.74, 6) is 0.871. The van der Waals surface area contributed by atoms with Crippen molar-refractivity contribution in [1.82, 2.24) is 15.1 Å². The van der Waals surface area contributed by atoms with E-state index in [0.717, 1.165) is 24.2 Å². The molecular weight excluding hydrogens is 354 g/mol. The highest BCUT2D eigenvalue weighted by Crippen LogP contribution is 2.30. The van der Waals surface area contributed by atoms with Gasteiger partial charge in [0.25, 0.3) is 5.91 Å². The van der Waals surface area contributed by atoms with Crippen LogP contribution in [0.25, 0.3) is 0 Å². The van der Waals surface area contributed by atoms with E-state index in [1.54, 1.807) is 0 Å². The van der Waals surface area contributed by atoms with E-state index in [-0.39, 0.29) is 29.9 Å². The minimum absolute atomic E-state index is 0.00144. The molecule has 1 heterocycles. The van der Waals surface area contributed by atoms with Gasteiger partial charge in [0, 0.05) is 32.2 Å². The van der Waals surface area contributed by atoms with E-state index in [1.807, 2.05) is 36.1 Å². The van der Waals surface area contributed by atoms with E-state index in [0.29, 0.717) is 32.2 Å². The first-order valence-electron chi connectivity index (χ1n) is 10.3. The third-order valence-corrected chi connectivity index (χ3v) is 5.56. The Labute approximate surface area is 168 Å². The van der Waals surface area contributed by atoms with Crippen LogP contribution in [0.1, 0.15) is 46.1 Å². The highest BCUT2D eigenvalue weighted by molar-refractivity contribution is 5.82. The topological polar surface area (TPSA) is 61.9 Å². The first kappa shape index (κ1) is 20.6. The lowest BCUT2D eigenvalue weighted by molar-refractivity contribution is -0.136. The van der Waals surface area contributed by atoms with Crippen LogP contribution in [-0.4, -0.2) is 66.5 Å². The van der Waals surface area contributed by atoms with Gasteiger partial charge in [-0.25, -0.2) is 0 Å². The number of piperazine rings is 1. The number of amides is 2. The summed E-state index contributed by atoms with van der Waals surface area (Å²) in [6, 6.07) is 8.13. The number of para-hydroxylation sites is 1.